The number of halogens is 3. The van der Waals surface area contributed by atoms with E-state index in [0.29, 0.717) is 0 Å². The normalized spacial score (nSPS) is 11.3. The van der Waals surface area contributed by atoms with Gasteiger partial charge in [-0.25, -0.2) is 4.98 Å². The zero-order valence-corrected chi connectivity index (χ0v) is 12.3. The van der Waals surface area contributed by atoms with Gasteiger partial charge in [-0.05, 0) is 24.3 Å². The summed E-state index contributed by atoms with van der Waals surface area (Å²) in [6, 6.07) is 6.74. The van der Waals surface area contributed by atoms with E-state index in [1.54, 1.807) is 0 Å². The van der Waals surface area contributed by atoms with Gasteiger partial charge >= 0.3 is 6.18 Å². The molecule has 1 aromatic carbocycles. The van der Waals surface area contributed by atoms with Gasteiger partial charge in [-0.1, -0.05) is 23.9 Å². The van der Waals surface area contributed by atoms with Gasteiger partial charge in [0.2, 0.25) is 0 Å². The van der Waals surface area contributed by atoms with Gasteiger partial charge in [0.15, 0.2) is 5.78 Å². The van der Waals surface area contributed by atoms with Crippen molar-refractivity contribution in [3.8, 4) is 0 Å². The molecule has 2 rings (SSSR count). The van der Waals surface area contributed by atoms with E-state index in [9.17, 15) is 27.9 Å². The summed E-state index contributed by atoms with van der Waals surface area (Å²) in [7, 11) is 0. The van der Waals surface area contributed by atoms with E-state index in [1.165, 1.54) is 24.4 Å². The third kappa shape index (κ3) is 4.32. The average molecular weight is 340 g/mol. The standard InChI is InChI=1S/C15H10F3NO3S/c16-15(17,18)10-4-1-3-9(7-10)12(20)8-23-13-11(14(21)22)5-2-6-19-13/h1-7H,8H2,(H,21,22)/p-1. The number of pyridine rings is 1. The topological polar surface area (TPSA) is 70.1 Å². The number of aromatic nitrogens is 1. The molecule has 0 spiro atoms. The Bertz CT molecular complexity index is 747. The lowest BCUT2D eigenvalue weighted by Gasteiger charge is -2.09. The number of benzene rings is 1. The third-order valence-corrected chi connectivity index (χ3v) is 3.85. The van der Waals surface area contributed by atoms with Crippen LogP contribution < -0.4 is 5.11 Å². The fourth-order valence-electron chi connectivity index (χ4n) is 1.75. The molecule has 0 radical (unpaired) electrons. The molecule has 0 fully saturated rings. The molecular formula is C15H9F3NO3S-. The van der Waals surface area contributed by atoms with Gasteiger partial charge in [0.1, 0.15) is 5.03 Å². The van der Waals surface area contributed by atoms with Crippen molar-refractivity contribution in [2.24, 2.45) is 0 Å². The largest absolute Gasteiger partial charge is 0.545 e. The first-order chi connectivity index (χ1) is 10.8. The van der Waals surface area contributed by atoms with Gasteiger partial charge < -0.3 is 9.90 Å². The first kappa shape index (κ1) is 17.0. The van der Waals surface area contributed by atoms with Gasteiger partial charge in [-0.15, -0.1) is 0 Å². The zero-order chi connectivity index (χ0) is 17.0. The maximum absolute atomic E-state index is 12.6. The molecule has 120 valence electrons. The summed E-state index contributed by atoms with van der Waals surface area (Å²) >= 11 is 0.829. The Kier molecular flexibility index (Phi) is 5.05. The smallest absolute Gasteiger partial charge is 0.416 e. The maximum atomic E-state index is 12.6. The van der Waals surface area contributed by atoms with Crippen LogP contribution in [0.5, 0.6) is 0 Å². The number of thioether (sulfide) groups is 1. The molecule has 1 aromatic heterocycles. The summed E-state index contributed by atoms with van der Waals surface area (Å²) in [4.78, 5) is 26.7. The molecule has 0 atom stereocenters. The monoisotopic (exact) mass is 340 g/mol. The van der Waals surface area contributed by atoms with E-state index >= 15 is 0 Å². The number of carboxylic acid groups (broad SMARTS) is 1. The van der Waals surface area contributed by atoms with Crippen molar-refractivity contribution in [3.63, 3.8) is 0 Å². The van der Waals surface area contributed by atoms with E-state index in [-0.39, 0.29) is 21.9 Å². The number of ketones is 1. The average Bonchev–Trinajstić information content (AvgIpc) is 2.52. The Balaban J connectivity index is 2.13. The summed E-state index contributed by atoms with van der Waals surface area (Å²) in [5.41, 5.74) is -1.19. The van der Waals surface area contributed by atoms with Crippen LogP contribution in [0.4, 0.5) is 13.2 Å². The minimum Gasteiger partial charge on any atom is -0.545 e. The Morgan fingerprint density at radius 3 is 2.57 bits per heavy atom. The van der Waals surface area contributed by atoms with E-state index in [2.05, 4.69) is 4.98 Å². The molecular weight excluding hydrogens is 331 g/mol. The zero-order valence-electron chi connectivity index (χ0n) is 11.5. The summed E-state index contributed by atoms with van der Waals surface area (Å²) in [5, 5.41) is 11.0. The first-order valence-electron chi connectivity index (χ1n) is 6.28. The van der Waals surface area contributed by atoms with Crippen molar-refractivity contribution < 1.29 is 27.9 Å². The van der Waals surface area contributed by atoms with Crippen LogP contribution in [-0.2, 0) is 6.18 Å². The minimum atomic E-state index is -4.54. The van der Waals surface area contributed by atoms with Crippen LogP contribution in [0.1, 0.15) is 26.3 Å². The Labute approximate surface area is 133 Å². The maximum Gasteiger partial charge on any atom is 0.416 e. The van der Waals surface area contributed by atoms with Gasteiger partial charge in [0.05, 0.1) is 17.3 Å². The van der Waals surface area contributed by atoms with Crippen LogP contribution >= 0.6 is 11.8 Å². The number of nitrogens with zero attached hydrogens (tertiary/aromatic N) is 1. The Morgan fingerprint density at radius 1 is 1.17 bits per heavy atom. The molecule has 4 nitrogen and oxygen atoms in total. The van der Waals surface area contributed by atoms with Crippen LogP contribution in [0.3, 0.4) is 0 Å². The van der Waals surface area contributed by atoms with Crippen LogP contribution in [0.15, 0.2) is 47.6 Å². The van der Waals surface area contributed by atoms with Gasteiger partial charge in [0, 0.05) is 17.3 Å². The number of carboxylic acids is 1. The van der Waals surface area contributed by atoms with Crippen molar-refractivity contribution in [1.82, 2.24) is 4.98 Å². The number of carbonyl (C=O) groups is 2. The van der Waals surface area contributed by atoms with Gasteiger partial charge in [-0.2, -0.15) is 13.2 Å². The van der Waals surface area contributed by atoms with Crippen molar-refractivity contribution in [2.75, 3.05) is 5.75 Å². The molecule has 0 amide bonds. The predicted molar refractivity (Wildman–Crippen MR) is 75.1 cm³/mol. The number of Topliss-reactive ketones (excluding diaryl/α,β-unsaturated/α-hetero) is 1. The molecule has 0 aliphatic rings. The van der Waals surface area contributed by atoms with Crippen molar-refractivity contribution in [1.29, 1.82) is 0 Å². The highest BCUT2D eigenvalue weighted by Gasteiger charge is 2.30. The fourth-order valence-corrected chi connectivity index (χ4v) is 2.62. The highest BCUT2D eigenvalue weighted by atomic mass is 32.2. The molecule has 2 aromatic rings. The molecule has 23 heavy (non-hydrogen) atoms. The lowest BCUT2D eigenvalue weighted by atomic mass is 10.1. The molecule has 0 saturated carbocycles. The Morgan fingerprint density at radius 2 is 1.91 bits per heavy atom. The number of hydrogen-bond donors (Lipinski definition) is 0. The molecule has 0 aliphatic heterocycles. The van der Waals surface area contributed by atoms with Crippen LogP contribution in [0.25, 0.3) is 0 Å². The summed E-state index contributed by atoms with van der Waals surface area (Å²) < 4.78 is 37.9. The Hall–Kier alpha value is -2.35. The quantitative estimate of drug-likeness (QED) is 0.618. The second kappa shape index (κ2) is 6.82. The number of carbonyl (C=O) groups excluding carboxylic acids is 2. The summed E-state index contributed by atoms with van der Waals surface area (Å²) in [5.74, 6) is -2.23. The summed E-state index contributed by atoms with van der Waals surface area (Å²) in [6.45, 7) is 0. The van der Waals surface area contributed by atoms with Gasteiger partial charge in [-0.3, -0.25) is 4.79 Å². The predicted octanol–water partition coefficient (Wildman–Crippen LogP) is 2.44. The van der Waals surface area contributed by atoms with E-state index in [1.807, 2.05) is 0 Å². The van der Waals surface area contributed by atoms with E-state index in [0.717, 1.165) is 30.0 Å². The van der Waals surface area contributed by atoms with Crippen molar-refractivity contribution in [3.05, 3.63) is 59.3 Å². The molecule has 0 aliphatic carbocycles. The molecule has 0 bridgehead atoms. The molecule has 0 saturated heterocycles. The fraction of sp³-hybridized carbons (Fsp3) is 0.133. The second-order valence-electron chi connectivity index (χ2n) is 4.43. The van der Waals surface area contributed by atoms with Crippen molar-refractivity contribution in [2.45, 2.75) is 11.2 Å². The van der Waals surface area contributed by atoms with Crippen LogP contribution in [0.2, 0.25) is 0 Å². The second-order valence-corrected chi connectivity index (χ2v) is 5.40. The third-order valence-electron chi connectivity index (χ3n) is 2.84. The number of aromatic carboxylic acids is 1. The number of rotatable bonds is 5. The number of hydrogen-bond acceptors (Lipinski definition) is 5. The number of alkyl halides is 3. The van der Waals surface area contributed by atoms with E-state index < -0.39 is 23.5 Å². The minimum absolute atomic E-state index is 0.0767. The lowest BCUT2D eigenvalue weighted by Crippen LogP contribution is -2.23. The molecule has 1 heterocycles. The summed E-state index contributed by atoms with van der Waals surface area (Å²) in [6.07, 6.45) is -3.18. The highest BCUT2D eigenvalue weighted by Crippen LogP contribution is 2.30. The van der Waals surface area contributed by atoms with Crippen LogP contribution in [-0.4, -0.2) is 22.5 Å². The van der Waals surface area contributed by atoms with E-state index in [4.69, 9.17) is 0 Å². The van der Waals surface area contributed by atoms with Crippen molar-refractivity contribution >= 4 is 23.5 Å². The SMILES string of the molecule is O=C(CSc1ncccc1C(=O)[O-])c1cccc(C(F)(F)F)c1. The molecule has 0 N–H and O–H groups in total. The van der Waals surface area contributed by atoms with Gasteiger partial charge in [0.25, 0.3) is 0 Å². The first-order valence-corrected chi connectivity index (χ1v) is 7.27. The highest BCUT2D eigenvalue weighted by molar-refractivity contribution is 8.00. The lowest BCUT2D eigenvalue weighted by molar-refractivity contribution is -0.255. The van der Waals surface area contributed by atoms with Crippen LogP contribution in [0, 0.1) is 0 Å². The molecule has 8 heteroatoms. The molecule has 0 unspecified atom stereocenters.